The summed E-state index contributed by atoms with van der Waals surface area (Å²) in [6, 6.07) is 4.77. The largest absolute Gasteiger partial charge is 0.270 e. The molecule has 11 heteroatoms. The predicted molar refractivity (Wildman–Crippen MR) is 84.7 cm³/mol. The average molecular weight is 358 g/mol. The lowest BCUT2D eigenvalue weighted by atomic mass is 10.3. The van der Waals surface area contributed by atoms with Gasteiger partial charge in [-0.3, -0.25) is 14.8 Å². The van der Waals surface area contributed by atoms with E-state index in [0.29, 0.717) is 10.1 Å². The van der Waals surface area contributed by atoms with Crippen LogP contribution >= 0.6 is 23.1 Å². The Morgan fingerprint density at radius 1 is 1.45 bits per heavy atom. The van der Waals surface area contributed by atoms with Crippen LogP contribution in [0.15, 0.2) is 46.2 Å². The van der Waals surface area contributed by atoms with Crippen LogP contribution in [0.1, 0.15) is 0 Å². The first kappa shape index (κ1) is 16.4. The number of sulfonamides is 1. The van der Waals surface area contributed by atoms with Gasteiger partial charge in [-0.25, -0.2) is 8.42 Å². The minimum atomic E-state index is -3.95. The minimum Gasteiger partial charge on any atom is -0.258 e. The molecular formula is C11H10N4O4S3. The molecule has 2 rings (SSSR count). The van der Waals surface area contributed by atoms with Gasteiger partial charge >= 0.3 is 0 Å². The molecule has 0 fully saturated rings. The van der Waals surface area contributed by atoms with Crippen LogP contribution in [-0.2, 0) is 10.0 Å². The first-order valence-electron chi connectivity index (χ1n) is 5.77. The van der Waals surface area contributed by atoms with Crippen LogP contribution in [0.3, 0.4) is 0 Å². The number of nitro benzene ring substituents is 1. The molecule has 22 heavy (non-hydrogen) atoms. The summed E-state index contributed by atoms with van der Waals surface area (Å²) in [7, 11) is -3.95. The third-order valence-electron chi connectivity index (χ3n) is 2.29. The van der Waals surface area contributed by atoms with Gasteiger partial charge in [0.25, 0.3) is 15.7 Å². The lowest BCUT2D eigenvalue weighted by Crippen LogP contribution is -2.13. The highest BCUT2D eigenvalue weighted by Gasteiger charge is 2.19. The second kappa shape index (κ2) is 6.85. The van der Waals surface area contributed by atoms with Crippen molar-refractivity contribution in [2.45, 2.75) is 9.24 Å². The second-order valence-corrected chi connectivity index (χ2v) is 7.76. The summed E-state index contributed by atoms with van der Waals surface area (Å²) in [4.78, 5) is 9.83. The van der Waals surface area contributed by atoms with Crippen LogP contribution < -0.4 is 4.72 Å². The van der Waals surface area contributed by atoms with E-state index in [0.717, 1.165) is 17.4 Å². The summed E-state index contributed by atoms with van der Waals surface area (Å²) in [6.45, 7) is 3.57. The molecule has 0 radical (unpaired) electrons. The van der Waals surface area contributed by atoms with E-state index in [2.05, 4.69) is 21.5 Å². The Morgan fingerprint density at radius 2 is 2.23 bits per heavy atom. The van der Waals surface area contributed by atoms with Gasteiger partial charge < -0.3 is 0 Å². The van der Waals surface area contributed by atoms with E-state index in [4.69, 9.17) is 0 Å². The standard InChI is InChI=1S/C11H10N4O4S3/c1-2-6-20-11-13-12-10(21-11)14-22(18,19)9-5-3-4-8(7-9)15(16)17/h2-5,7H,1,6H2,(H,12,14). The first-order chi connectivity index (χ1) is 10.4. The van der Waals surface area contributed by atoms with Crippen LogP contribution in [0.25, 0.3) is 0 Å². The SMILES string of the molecule is C=CCSc1nnc(NS(=O)(=O)c2cccc([N+](=O)[O-])c2)s1. The van der Waals surface area contributed by atoms with E-state index in [9.17, 15) is 18.5 Å². The summed E-state index contributed by atoms with van der Waals surface area (Å²) in [5.41, 5.74) is -0.303. The van der Waals surface area contributed by atoms with Crippen LogP contribution in [-0.4, -0.2) is 29.3 Å². The van der Waals surface area contributed by atoms with Crippen molar-refractivity contribution in [2.75, 3.05) is 10.5 Å². The maximum Gasteiger partial charge on any atom is 0.270 e. The molecule has 0 spiro atoms. The minimum absolute atomic E-state index is 0.0954. The summed E-state index contributed by atoms with van der Waals surface area (Å²) in [5.74, 6) is 0.631. The number of rotatable bonds is 7. The molecule has 0 saturated heterocycles. The average Bonchev–Trinajstić information content (AvgIpc) is 2.92. The fourth-order valence-electron chi connectivity index (χ4n) is 1.38. The maximum absolute atomic E-state index is 12.2. The van der Waals surface area contributed by atoms with Gasteiger partial charge in [-0.1, -0.05) is 35.2 Å². The number of nitrogens with zero attached hydrogens (tertiary/aromatic N) is 3. The van der Waals surface area contributed by atoms with Crippen molar-refractivity contribution in [3.05, 3.63) is 47.0 Å². The lowest BCUT2D eigenvalue weighted by molar-refractivity contribution is -0.385. The second-order valence-electron chi connectivity index (χ2n) is 3.83. The van der Waals surface area contributed by atoms with Crippen molar-refractivity contribution in [2.24, 2.45) is 0 Å². The molecule has 0 atom stereocenters. The number of anilines is 1. The molecule has 1 aromatic carbocycles. The summed E-state index contributed by atoms with van der Waals surface area (Å²) in [5, 5.41) is 18.3. The molecule has 0 aliphatic rings. The normalized spacial score (nSPS) is 11.1. The van der Waals surface area contributed by atoms with Crippen LogP contribution in [0.5, 0.6) is 0 Å². The van der Waals surface area contributed by atoms with E-state index >= 15 is 0 Å². The summed E-state index contributed by atoms with van der Waals surface area (Å²) in [6.07, 6.45) is 1.69. The number of benzene rings is 1. The number of hydrogen-bond acceptors (Lipinski definition) is 8. The fraction of sp³-hybridized carbons (Fsp3) is 0.0909. The molecule has 1 N–H and O–H groups in total. The van der Waals surface area contributed by atoms with E-state index in [-0.39, 0.29) is 15.7 Å². The zero-order valence-electron chi connectivity index (χ0n) is 11.0. The highest BCUT2D eigenvalue weighted by molar-refractivity contribution is 8.01. The Kier molecular flexibility index (Phi) is 5.11. The highest BCUT2D eigenvalue weighted by atomic mass is 32.2. The quantitative estimate of drug-likeness (QED) is 0.350. The van der Waals surface area contributed by atoms with Gasteiger partial charge in [0, 0.05) is 17.9 Å². The van der Waals surface area contributed by atoms with Gasteiger partial charge in [0.05, 0.1) is 9.82 Å². The molecule has 0 aliphatic carbocycles. The topological polar surface area (TPSA) is 115 Å². The molecule has 2 aromatic rings. The van der Waals surface area contributed by atoms with Crippen molar-refractivity contribution in [1.29, 1.82) is 0 Å². The van der Waals surface area contributed by atoms with Crippen LogP contribution in [0.4, 0.5) is 10.8 Å². The third-order valence-corrected chi connectivity index (χ3v) is 5.73. The Hall–Kier alpha value is -1.98. The molecule has 0 unspecified atom stereocenters. The number of nitrogens with one attached hydrogen (secondary N) is 1. The zero-order chi connectivity index (χ0) is 16.2. The number of non-ortho nitro benzene ring substituents is 1. The van der Waals surface area contributed by atoms with Gasteiger partial charge in [0.2, 0.25) is 5.13 Å². The number of aromatic nitrogens is 2. The number of nitro groups is 1. The molecule has 0 bridgehead atoms. The van der Waals surface area contributed by atoms with Gasteiger partial charge in [-0.2, -0.15) is 0 Å². The molecule has 8 nitrogen and oxygen atoms in total. The maximum atomic E-state index is 12.2. The van der Waals surface area contributed by atoms with Crippen LogP contribution in [0.2, 0.25) is 0 Å². The van der Waals surface area contributed by atoms with E-state index in [1.807, 2.05) is 0 Å². The smallest absolute Gasteiger partial charge is 0.258 e. The van der Waals surface area contributed by atoms with Gasteiger partial charge in [-0.05, 0) is 6.07 Å². The van der Waals surface area contributed by atoms with Gasteiger partial charge in [0.15, 0.2) is 4.34 Å². The molecule has 0 aliphatic heterocycles. The van der Waals surface area contributed by atoms with E-state index in [1.54, 1.807) is 6.08 Å². The zero-order valence-corrected chi connectivity index (χ0v) is 13.4. The lowest BCUT2D eigenvalue weighted by Gasteiger charge is -2.04. The molecule has 1 heterocycles. The predicted octanol–water partition coefficient (Wildman–Crippen LogP) is 2.53. The molecule has 1 aromatic heterocycles. The Bertz CT molecular complexity index is 803. The van der Waals surface area contributed by atoms with Gasteiger partial charge in [-0.15, -0.1) is 16.8 Å². The van der Waals surface area contributed by atoms with Crippen molar-refractivity contribution in [1.82, 2.24) is 10.2 Å². The van der Waals surface area contributed by atoms with Crippen LogP contribution in [0, 0.1) is 10.1 Å². The summed E-state index contributed by atoms with van der Waals surface area (Å²) < 4.78 is 27.2. The van der Waals surface area contributed by atoms with E-state index < -0.39 is 14.9 Å². The van der Waals surface area contributed by atoms with E-state index in [1.165, 1.54) is 30.0 Å². The molecular weight excluding hydrogens is 348 g/mol. The molecule has 0 amide bonds. The van der Waals surface area contributed by atoms with Crippen molar-refractivity contribution in [3.63, 3.8) is 0 Å². The molecule has 116 valence electrons. The monoisotopic (exact) mass is 358 g/mol. The first-order valence-corrected chi connectivity index (χ1v) is 9.05. The Balaban J connectivity index is 2.20. The fourth-order valence-corrected chi connectivity index (χ4v) is 4.16. The van der Waals surface area contributed by atoms with Gasteiger partial charge in [0.1, 0.15) is 0 Å². The third kappa shape index (κ3) is 4.02. The highest BCUT2D eigenvalue weighted by Crippen LogP contribution is 2.27. The summed E-state index contributed by atoms with van der Waals surface area (Å²) >= 11 is 2.45. The van der Waals surface area contributed by atoms with Crippen molar-refractivity contribution < 1.29 is 13.3 Å². The number of thioether (sulfide) groups is 1. The Morgan fingerprint density at radius 3 is 2.91 bits per heavy atom. The molecule has 0 saturated carbocycles. The number of hydrogen-bond donors (Lipinski definition) is 1. The van der Waals surface area contributed by atoms with Crippen molar-refractivity contribution in [3.8, 4) is 0 Å². The van der Waals surface area contributed by atoms with Crippen molar-refractivity contribution >= 4 is 43.9 Å². The Labute approximate surface area is 134 Å².